The Morgan fingerprint density at radius 1 is 1.36 bits per heavy atom. The van der Waals surface area contributed by atoms with Crippen molar-refractivity contribution < 1.29 is 19.1 Å². The Hall–Kier alpha value is -3.16. The molecule has 0 saturated heterocycles. The molecule has 148 valence electrons. The lowest BCUT2D eigenvalue weighted by Crippen LogP contribution is -2.14. The van der Waals surface area contributed by atoms with E-state index in [9.17, 15) is 14.7 Å². The molecule has 0 aliphatic carbocycles. The van der Waals surface area contributed by atoms with Gasteiger partial charge in [0.25, 0.3) is 0 Å². The number of aromatic carboxylic acids is 1. The second-order valence-electron chi connectivity index (χ2n) is 6.62. The molecule has 8 nitrogen and oxygen atoms in total. The molecule has 0 atom stereocenters. The van der Waals surface area contributed by atoms with Crippen molar-refractivity contribution in [1.82, 2.24) is 9.55 Å². The molecule has 0 fully saturated rings. The molecule has 8 heteroatoms. The van der Waals surface area contributed by atoms with Crippen LogP contribution in [0, 0.1) is 0 Å². The maximum Gasteiger partial charge on any atom is 0.339 e. The molecule has 2 aromatic heterocycles. The van der Waals surface area contributed by atoms with Crippen LogP contribution in [0.5, 0.6) is 0 Å². The summed E-state index contributed by atoms with van der Waals surface area (Å²) in [4.78, 5) is 32.3. The van der Waals surface area contributed by atoms with Gasteiger partial charge in [-0.3, -0.25) is 9.79 Å². The molecule has 0 spiro atoms. The zero-order valence-corrected chi connectivity index (χ0v) is 15.9. The van der Waals surface area contributed by atoms with Crippen LogP contribution in [0.4, 0.5) is 5.69 Å². The molecule has 1 aliphatic heterocycles. The normalized spacial score (nSPS) is 13.4. The highest BCUT2D eigenvalue weighted by Gasteiger charge is 2.17. The molecule has 2 aromatic rings. The number of nitrogens with zero attached hydrogens (tertiary/aromatic N) is 3. The summed E-state index contributed by atoms with van der Waals surface area (Å²) in [7, 11) is 0. The third-order valence-corrected chi connectivity index (χ3v) is 4.38. The first kappa shape index (κ1) is 19.6. The molecule has 3 rings (SSSR count). The minimum absolute atomic E-state index is 0.0912. The van der Waals surface area contributed by atoms with E-state index in [1.807, 2.05) is 12.2 Å². The molecular weight excluding hydrogens is 360 g/mol. The fourth-order valence-corrected chi connectivity index (χ4v) is 2.88. The number of aliphatic imine (C=N–C) groups is 1. The maximum atomic E-state index is 12.3. The van der Waals surface area contributed by atoms with Crippen molar-refractivity contribution >= 4 is 23.3 Å². The van der Waals surface area contributed by atoms with Gasteiger partial charge in [0, 0.05) is 38.3 Å². The topological polar surface area (TPSA) is 110 Å². The number of anilines is 1. The molecule has 0 bridgehead atoms. The van der Waals surface area contributed by atoms with Crippen molar-refractivity contribution in [1.29, 1.82) is 0 Å². The number of aryl methyl sites for hydroxylation is 2. The first-order valence-corrected chi connectivity index (χ1v) is 9.45. The van der Waals surface area contributed by atoms with E-state index in [1.165, 1.54) is 0 Å². The van der Waals surface area contributed by atoms with Crippen LogP contribution in [-0.4, -0.2) is 38.8 Å². The summed E-state index contributed by atoms with van der Waals surface area (Å²) < 4.78 is 7.46. The second-order valence-corrected chi connectivity index (χ2v) is 6.62. The monoisotopic (exact) mass is 384 g/mol. The van der Waals surface area contributed by atoms with Gasteiger partial charge < -0.3 is 19.4 Å². The lowest BCUT2D eigenvalue weighted by Gasteiger charge is -2.04. The molecule has 1 aliphatic rings. The fraction of sp³-hybridized carbons (Fsp3) is 0.400. The fourth-order valence-electron chi connectivity index (χ4n) is 2.88. The van der Waals surface area contributed by atoms with Crippen molar-refractivity contribution in [3.05, 3.63) is 48.0 Å². The van der Waals surface area contributed by atoms with Gasteiger partial charge in [-0.2, -0.15) is 0 Å². The number of hydrogen-bond acceptors (Lipinski definition) is 5. The number of allylic oxidation sites excluding steroid dienone is 1. The van der Waals surface area contributed by atoms with E-state index in [-0.39, 0.29) is 17.9 Å². The number of dihydropyridines is 1. The van der Waals surface area contributed by atoms with Gasteiger partial charge >= 0.3 is 5.97 Å². The van der Waals surface area contributed by atoms with E-state index in [0.717, 1.165) is 25.8 Å². The van der Waals surface area contributed by atoms with E-state index in [4.69, 9.17) is 4.42 Å². The van der Waals surface area contributed by atoms with Gasteiger partial charge in [0.05, 0.1) is 11.9 Å². The summed E-state index contributed by atoms with van der Waals surface area (Å²) in [5.41, 5.74) is 1.11. The number of carbonyl (C=O) groups is 2. The average Bonchev–Trinajstić information content (AvgIpc) is 3.32. The first-order chi connectivity index (χ1) is 13.6. The van der Waals surface area contributed by atoms with Crippen molar-refractivity contribution in [2.24, 2.45) is 4.99 Å². The summed E-state index contributed by atoms with van der Waals surface area (Å²) in [5.74, 6) is -0.298. The third kappa shape index (κ3) is 4.97. The number of unbranched alkanes of at least 4 members (excludes halogenated alkanes) is 1. The van der Waals surface area contributed by atoms with Crippen LogP contribution in [-0.2, 0) is 17.8 Å². The maximum absolute atomic E-state index is 12.3. The number of carboxylic acids is 1. The third-order valence-electron chi connectivity index (χ3n) is 4.38. The number of nitrogens with one attached hydrogen (secondary N) is 1. The molecule has 1 amide bonds. The number of rotatable bonds is 9. The number of aromatic nitrogens is 2. The summed E-state index contributed by atoms with van der Waals surface area (Å²) in [6.45, 7) is 3.50. The molecule has 28 heavy (non-hydrogen) atoms. The predicted octanol–water partition coefficient (Wildman–Crippen LogP) is 3.29. The summed E-state index contributed by atoms with van der Waals surface area (Å²) in [5, 5.41) is 12.0. The SMILES string of the molecule is CCCCn1cc(NC(=O)CCc2cnc(C3=NCCC=C3)o2)c(C(=O)O)c1. The standard InChI is InChI=1S/C20H24N4O4/c1-2-3-10-24-12-15(20(26)27)17(13-24)23-18(25)8-7-14-11-22-19(28-14)16-6-4-5-9-21-16/h4,6,11-13H,2-3,5,7-10H2,1H3,(H,23,25)(H,26,27). The molecule has 0 saturated carbocycles. The molecular formula is C20H24N4O4. The minimum atomic E-state index is -1.06. The Balaban J connectivity index is 1.58. The van der Waals surface area contributed by atoms with Crippen LogP contribution in [0.3, 0.4) is 0 Å². The van der Waals surface area contributed by atoms with Gasteiger partial charge in [-0.15, -0.1) is 0 Å². The van der Waals surface area contributed by atoms with Crippen molar-refractivity contribution in [3.63, 3.8) is 0 Å². The van der Waals surface area contributed by atoms with Crippen LogP contribution >= 0.6 is 0 Å². The lowest BCUT2D eigenvalue weighted by atomic mass is 10.2. The van der Waals surface area contributed by atoms with Crippen LogP contribution in [0.2, 0.25) is 0 Å². The number of oxazole rings is 1. The summed E-state index contributed by atoms with van der Waals surface area (Å²) >= 11 is 0. The van der Waals surface area contributed by atoms with Gasteiger partial charge in [-0.25, -0.2) is 9.78 Å². The quantitative estimate of drug-likeness (QED) is 0.689. The smallest absolute Gasteiger partial charge is 0.339 e. The van der Waals surface area contributed by atoms with Gasteiger partial charge in [-0.1, -0.05) is 19.4 Å². The van der Waals surface area contributed by atoms with Crippen LogP contribution in [0.1, 0.15) is 54.6 Å². The Bertz CT molecular complexity index is 907. The number of amides is 1. The van der Waals surface area contributed by atoms with Crippen molar-refractivity contribution in [3.8, 4) is 0 Å². The summed E-state index contributed by atoms with van der Waals surface area (Å²) in [6, 6.07) is 0. The van der Waals surface area contributed by atoms with E-state index in [0.29, 0.717) is 36.0 Å². The van der Waals surface area contributed by atoms with Crippen LogP contribution in [0.25, 0.3) is 0 Å². The second kappa shape index (κ2) is 9.16. The van der Waals surface area contributed by atoms with Gasteiger partial charge in [0.15, 0.2) is 0 Å². The van der Waals surface area contributed by atoms with Crippen molar-refractivity contribution in [2.75, 3.05) is 11.9 Å². The Labute approximate surface area is 163 Å². The van der Waals surface area contributed by atoms with Crippen molar-refractivity contribution in [2.45, 2.75) is 45.6 Å². The van der Waals surface area contributed by atoms with Gasteiger partial charge in [0.2, 0.25) is 11.8 Å². The van der Waals surface area contributed by atoms with Crippen LogP contribution < -0.4 is 5.32 Å². The molecule has 2 N–H and O–H groups in total. The van der Waals surface area contributed by atoms with Gasteiger partial charge in [0.1, 0.15) is 17.0 Å². The van der Waals surface area contributed by atoms with Crippen LogP contribution in [0.15, 0.2) is 40.2 Å². The Morgan fingerprint density at radius 3 is 2.93 bits per heavy atom. The first-order valence-electron chi connectivity index (χ1n) is 9.45. The van der Waals surface area contributed by atoms with E-state index in [1.54, 1.807) is 23.2 Å². The zero-order valence-electron chi connectivity index (χ0n) is 15.9. The molecule has 0 unspecified atom stereocenters. The highest BCUT2D eigenvalue weighted by molar-refractivity contribution is 6.05. The Morgan fingerprint density at radius 2 is 2.21 bits per heavy atom. The number of hydrogen-bond donors (Lipinski definition) is 2. The highest BCUT2D eigenvalue weighted by Crippen LogP contribution is 2.19. The number of carbonyl (C=O) groups excluding carboxylic acids is 1. The highest BCUT2D eigenvalue weighted by atomic mass is 16.4. The summed E-state index contributed by atoms with van der Waals surface area (Å²) in [6.07, 6.45) is 12.1. The van der Waals surface area contributed by atoms with E-state index >= 15 is 0 Å². The number of carboxylic acid groups (broad SMARTS) is 1. The largest absolute Gasteiger partial charge is 0.478 e. The molecule has 0 radical (unpaired) electrons. The minimum Gasteiger partial charge on any atom is -0.478 e. The Kier molecular flexibility index (Phi) is 6.41. The van der Waals surface area contributed by atoms with Gasteiger partial charge in [-0.05, 0) is 18.9 Å². The average molecular weight is 384 g/mol. The predicted molar refractivity (Wildman–Crippen MR) is 105 cm³/mol. The zero-order chi connectivity index (χ0) is 19.9. The van der Waals surface area contributed by atoms with E-state index in [2.05, 4.69) is 22.2 Å². The molecule has 0 aromatic carbocycles. The lowest BCUT2D eigenvalue weighted by molar-refractivity contribution is -0.116. The van der Waals surface area contributed by atoms with E-state index < -0.39 is 5.97 Å². The molecule has 3 heterocycles.